The van der Waals surface area contributed by atoms with Gasteiger partial charge in [-0.05, 0) is 73.2 Å². The molecule has 7 heteroatoms. The SMILES string of the molecule is CCC1=Cc2c(cnn2-c2ccc(F)cc2)CC1(C)[C@@H](O)CCc1ccccc1C(=O)N(C)OC. The number of benzene rings is 2. The summed E-state index contributed by atoms with van der Waals surface area (Å²) < 4.78 is 15.2. The van der Waals surface area contributed by atoms with Crippen LogP contribution in [0.15, 0.2) is 60.3 Å². The Hall–Kier alpha value is -3.29. The molecule has 0 radical (unpaired) electrons. The zero-order valence-electron chi connectivity index (χ0n) is 20.7. The summed E-state index contributed by atoms with van der Waals surface area (Å²) in [6, 6.07) is 13.7. The van der Waals surface area contributed by atoms with Crippen LogP contribution in [0.1, 0.15) is 53.9 Å². The normalized spacial score (nSPS) is 18.1. The molecule has 1 amide bonds. The van der Waals surface area contributed by atoms with Crippen molar-refractivity contribution >= 4 is 12.0 Å². The Labute approximate surface area is 205 Å². The first-order chi connectivity index (χ1) is 16.8. The van der Waals surface area contributed by atoms with Crippen molar-refractivity contribution in [2.24, 2.45) is 5.41 Å². The summed E-state index contributed by atoms with van der Waals surface area (Å²) in [5.41, 5.74) is 4.96. The molecule has 35 heavy (non-hydrogen) atoms. The number of fused-ring (bicyclic) bond motifs is 1. The smallest absolute Gasteiger partial charge is 0.277 e. The number of carbonyl (C=O) groups excluding carboxylic acids is 1. The van der Waals surface area contributed by atoms with Crippen LogP contribution in [0.3, 0.4) is 0 Å². The maximum absolute atomic E-state index is 13.4. The van der Waals surface area contributed by atoms with E-state index in [9.17, 15) is 14.3 Å². The molecule has 2 atom stereocenters. The maximum atomic E-state index is 13.4. The average molecular weight is 478 g/mol. The Bertz CT molecular complexity index is 1230. The van der Waals surface area contributed by atoms with Crippen molar-refractivity contribution in [2.45, 2.75) is 45.6 Å². The van der Waals surface area contributed by atoms with E-state index in [1.165, 1.54) is 24.3 Å². The Morgan fingerprint density at radius 1 is 1.26 bits per heavy atom. The lowest BCUT2D eigenvalue weighted by Gasteiger charge is -2.39. The molecule has 3 aromatic rings. The number of rotatable bonds is 8. The molecule has 2 aromatic carbocycles. The summed E-state index contributed by atoms with van der Waals surface area (Å²) in [7, 11) is 3.04. The Morgan fingerprint density at radius 3 is 2.66 bits per heavy atom. The average Bonchev–Trinajstić information content (AvgIpc) is 3.28. The second-order valence-electron chi connectivity index (χ2n) is 9.26. The van der Waals surface area contributed by atoms with E-state index in [0.717, 1.165) is 34.5 Å². The minimum atomic E-state index is -0.612. The summed E-state index contributed by atoms with van der Waals surface area (Å²) in [5.74, 6) is -0.499. The molecule has 0 spiro atoms. The molecule has 4 rings (SSSR count). The van der Waals surface area contributed by atoms with Crippen LogP contribution in [0.25, 0.3) is 11.8 Å². The van der Waals surface area contributed by atoms with E-state index >= 15 is 0 Å². The molecule has 1 heterocycles. The van der Waals surface area contributed by atoms with Crippen molar-refractivity contribution in [3.05, 3.63) is 88.5 Å². The van der Waals surface area contributed by atoms with E-state index < -0.39 is 11.5 Å². The van der Waals surface area contributed by atoms with Gasteiger partial charge in [-0.2, -0.15) is 5.10 Å². The highest BCUT2D eigenvalue weighted by atomic mass is 19.1. The van der Waals surface area contributed by atoms with Crippen LogP contribution >= 0.6 is 0 Å². The summed E-state index contributed by atoms with van der Waals surface area (Å²) in [4.78, 5) is 17.7. The topological polar surface area (TPSA) is 67.6 Å². The van der Waals surface area contributed by atoms with Crippen LogP contribution < -0.4 is 0 Å². The van der Waals surface area contributed by atoms with Gasteiger partial charge in [-0.3, -0.25) is 9.63 Å². The van der Waals surface area contributed by atoms with E-state index in [1.807, 2.05) is 29.1 Å². The van der Waals surface area contributed by atoms with Crippen LogP contribution in [0.2, 0.25) is 0 Å². The van der Waals surface area contributed by atoms with Crippen LogP contribution in [0, 0.1) is 11.2 Å². The number of amides is 1. The van der Waals surface area contributed by atoms with Gasteiger partial charge in [0.15, 0.2) is 0 Å². The molecule has 184 valence electrons. The molecule has 6 nitrogen and oxygen atoms in total. The van der Waals surface area contributed by atoms with E-state index in [2.05, 4.69) is 25.0 Å². The minimum Gasteiger partial charge on any atom is -0.392 e. The quantitative estimate of drug-likeness (QED) is 0.464. The number of aliphatic hydroxyl groups is 1. The van der Waals surface area contributed by atoms with Gasteiger partial charge < -0.3 is 5.11 Å². The molecule has 0 aliphatic heterocycles. The summed E-state index contributed by atoms with van der Waals surface area (Å²) in [6.45, 7) is 4.19. The van der Waals surface area contributed by atoms with Gasteiger partial charge in [0.05, 0.1) is 30.8 Å². The van der Waals surface area contributed by atoms with Crippen molar-refractivity contribution in [1.29, 1.82) is 0 Å². The number of hydroxylamine groups is 2. The van der Waals surface area contributed by atoms with Gasteiger partial charge in [-0.1, -0.05) is 37.6 Å². The minimum absolute atomic E-state index is 0.214. The standard InChI is InChI=1S/C28H32FN3O3/c1-5-21-16-25-20(18-30-32(25)23-13-11-22(29)12-14-23)17-28(21,2)26(33)15-10-19-8-6-7-9-24(19)27(34)31(3)35-4/h6-9,11-14,16,18,26,33H,5,10,15,17H2,1-4H3/t26-,28?/m0/s1. The van der Waals surface area contributed by atoms with E-state index in [-0.39, 0.29) is 11.7 Å². The number of aliphatic hydroxyl groups excluding tert-OH is 1. The first-order valence-corrected chi connectivity index (χ1v) is 11.9. The highest BCUT2D eigenvalue weighted by molar-refractivity contribution is 5.94. The maximum Gasteiger partial charge on any atom is 0.277 e. The van der Waals surface area contributed by atoms with Crippen molar-refractivity contribution in [2.75, 3.05) is 14.2 Å². The molecule has 0 bridgehead atoms. The third kappa shape index (κ3) is 4.79. The lowest BCUT2D eigenvalue weighted by molar-refractivity contribution is -0.0757. The Kier molecular flexibility index (Phi) is 7.19. The first-order valence-electron chi connectivity index (χ1n) is 11.9. The van der Waals surface area contributed by atoms with Crippen LogP contribution in [-0.4, -0.2) is 46.1 Å². The first kappa shape index (κ1) is 24.8. The summed E-state index contributed by atoms with van der Waals surface area (Å²) >= 11 is 0. The van der Waals surface area contributed by atoms with E-state index in [1.54, 1.807) is 25.2 Å². The van der Waals surface area contributed by atoms with Gasteiger partial charge in [0.25, 0.3) is 5.91 Å². The number of aryl methyl sites for hydroxylation is 1. The van der Waals surface area contributed by atoms with Crippen LogP contribution in [-0.2, 0) is 17.7 Å². The molecule has 1 unspecified atom stereocenters. The molecular weight excluding hydrogens is 445 g/mol. The van der Waals surface area contributed by atoms with Gasteiger partial charge >= 0.3 is 0 Å². The third-order valence-corrected chi connectivity index (χ3v) is 7.17. The van der Waals surface area contributed by atoms with Gasteiger partial charge in [0.1, 0.15) is 5.82 Å². The van der Waals surface area contributed by atoms with Crippen LogP contribution in [0.4, 0.5) is 4.39 Å². The summed E-state index contributed by atoms with van der Waals surface area (Å²) in [6.07, 6.45) is 5.85. The number of nitrogens with zero attached hydrogens (tertiary/aromatic N) is 3. The van der Waals surface area contributed by atoms with Crippen molar-refractivity contribution in [3.63, 3.8) is 0 Å². The fraction of sp³-hybridized carbons (Fsp3) is 0.357. The van der Waals surface area contributed by atoms with Gasteiger partial charge in [0.2, 0.25) is 0 Å². The molecule has 1 N–H and O–H groups in total. The van der Waals surface area contributed by atoms with Crippen molar-refractivity contribution < 1.29 is 19.1 Å². The number of carbonyl (C=O) groups is 1. The van der Waals surface area contributed by atoms with E-state index in [4.69, 9.17) is 4.84 Å². The number of aromatic nitrogens is 2. The van der Waals surface area contributed by atoms with Crippen LogP contribution in [0.5, 0.6) is 0 Å². The highest BCUT2D eigenvalue weighted by Gasteiger charge is 2.40. The molecule has 1 aliphatic carbocycles. The second-order valence-corrected chi connectivity index (χ2v) is 9.26. The number of hydrogen-bond donors (Lipinski definition) is 1. The molecule has 0 saturated carbocycles. The highest BCUT2D eigenvalue weighted by Crippen LogP contribution is 2.44. The predicted molar refractivity (Wildman–Crippen MR) is 133 cm³/mol. The van der Waals surface area contributed by atoms with Gasteiger partial charge in [-0.15, -0.1) is 0 Å². The monoisotopic (exact) mass is 477 g/mol. The number of halogens is 1. The molecule has 1 aromatic heterocycles. The second kappa shape index (κ2) is 10.1. The molecule has 0 saturated heterocycles. The lowest BCUT2D eigenvalue weighted by Crippen LogP contribution is -2.38. The van der Waals surface area contributed by atoms with Gasteiger partial charge in [-0.25, -0.2) is 14.1 Å². The Balaban J connectivity index is 1.57. The molecular formula is C28H32FN3O3. The van der Waals surface area contributed by atoms with Crippen molar-refractivity contribution in [3.8, 4) is 5.69 Å². The third-order valence-electron chi connectivity index (χ3n) is 7.17. The molecule has 0 fully saturated rings. The fourth-order valence-electron chi connectivity index (χ4n) is 4.96. The fourth-order valence-corrected chi connectivity index (χ4v) is 4.96. The van der Waals surface area contributed by atoms with Gasteiger partial charge in [0, 0.05) is 18.0 Å². The predicted octanol–water partition coefficient (Wildman–Crippen LogP) is 4.99. The zero-order chi connectivity index (χ0) is 25.2. The molecule has 1 aliphatic rings. The van der Waals surface area contributed by atoms with E-state index in [0.29, 0.717) is 24.8 Å². The zero-order valence-corrected chi connectivity index (χ0v) is 20.7. The lowest BCUT2D eigenvalue weighted by atomic mass is 9.67. The number of hydrogen-bond acceptors (Lipinski definition) is 4. The Morgan fingerprint density at radius 2 is 1.97 bits per heavy atom. The van der Waals surface area contributed by atoms with Crippen molar-refractivity contribution in [1.82, 2.24) is 14.8 Å². The summed E-state index contributed by atoms with van der Waals surface area (Å²) in [5, 5.41) is 17.2. The largest absolute Gasteiger partial charge is 0.392 e.